The number of fused-ring (bicyclic) bond motifs is 6. The minimum atomic E-state index is -0.713. The van der Waals surface area contributed by atoms with E-state index in [0.717, 1.165) is 38.8 Å². The van der Waals surface area contributed by atoms with Gasteiger partial charge in [-0.05, 0) is 72.0 Å². The fourth-order valence-corrected chi connectivity index (χ4v) is 7.82. The summed E-state index contributed by atoms with van der Waals surface area (Å²) in [6.45, 7) is 13.6. The Balaban J connectivity index is 1.40. The molecule has 232 valence electrons. The number of carboxylic acids is 1. The van der Waals surface area contributed by atoms with Crippen molar-refractivity contribution in [3.8, 4) is 0 Å². The van der Waals surface area contributed by atoms with Gasteiger partial charge in [-0.15, -0.1) is 0 Å². The zero-order valence-electron chi connectivity index (χ0n) is 27.6. The maximum Gasteiger partial charge on any atom is 0.303 e. The number of carboxylic acid groups (broad SMARTS) is 1. The van der Waals surface area contributed by atoms with Crippen LogP contribution in [0.2, 0.25) is 0 Å². The molecule has 4 aromatic rings. The number of carbonyl (C=O) groups is 1. The number of nitrogens with zero attached hydrogens (tertiary/aromatic N) is 2. The van der Waals surface area contributed by atoms with Crippen molar-refractivity contribution >= 4 is 44.6 Å². The molecule has 2 aliphatic heterocycles. The maximum absolute atomic E-state index is 11.1. The minimum Gasteiger partial charge on any atom is -0.481 e. The summed E-state index contributed by atoms with van der Waals surface area (Å²) in [5.41, 5.74) is 7.73. The van der Waals surface area contributed by atoms with Gasteiger partial charge < -0.3 is 10.0 Å². The highest BCUT2D eigenvalue weighted by atomic mass is 16.4. The van der Waals surface area contributed by atoms with E-state index in [1.54, 1.807) is 0 Å². The van der Waals surface area contributed by atoms with Crippen LogP contribution in [-0.2, 0) is 15.6 Å². The molecule has 0 unspecified atom stereocenters. The van der Waals surface area contributed by atoms with Crippen molar-refractivity contribution in [3.63, 3.8) is 0 Å². The van der Waals surface area contributed by atoms with Crippen molar-refractivity contribution in [1.82, 2.24) is 0 Å². The van der Waals surface area contributed by atoms with Crippen LogP contribution in [0.5, 0.6) is 0 Å². The van der Waals surface area contributed by atoms with Crippen molar-refractivity contribution in [2.75, 3.05) is 18.0 Å². The van der Waals surface area contributed by atoms with Crippen molar-refractivity contribution in [3.05, 3.63) is 108 Å². The van der Waals surface area contributed by atoms with Crippen LogP contribution in [0.4, 0.5) is 11.4 Å². The number of benzene rings is 4. The summed E-state index contributed by atoms with van der Waals surface area (Å²) in [7, 11) is 0. The Labute approximate surface area is 268 Å². The van der Waals surface area contributed by atoms with Gasteiger partial charge in [-0.1, -0.05) is 94.3 Å². The Morgan fingerprint density at radius 1 is 0.800 bits per heavy atom. The molecule has 0 saturated heterocycles. The van der Waals surface area contributed by atoms with Crippen LogP contribution in [-0.4, -0.2) is 34.5 Å². The fraction of sp³-hybridized carbons (Fsp3) is 0.366. The third-order valence-corrected chi connectivity index (χ3v) is 10.0. The van der Waals surface area contributed by atoms with Crippen LogP contribution >= 0.6 is 0 Å². The van der Waals surface area contributed by atoms with Crippen LogP contribution in [0, 0.1) is 0 Å². The Bertz CT molecular complexity index is 1860. The molecule has 45 heavy (non-hydrogen) atoms. The highest BCUT2D eigenvalue weighted by Gasteiger charge is 2.45. The van der Waals surface area contributed by atoms with E-state index in [9.17, 15) is 4.79 Å². The zero-order valence-corrected chi connectivity index (χ0v) is 27.6. The Kier molecular flexibility index (Phi) is 8.43. The van der Waals surface area contributed by atoms with E-state index in [4.69, 9.17) is 5.11 Å². The predicted octanol–water partition coefficient (Wildman–Crippen LogP) is 10.1. The van der Waals surface area contributed by atoms with E-state index in [-0.39, 0.29) is 17.3 Å². The molecular formula is C41H47N2O2+. The lowest BCUT2D eigenvalue weighted by molar-refractivity contribution is -0.438. The van der Waals surface area contributed by atoms with Gasteiger partial charge in [-0.25, -0.2) is 0 Å². The van der Waals surface area contributed by atoms with Gasteiger partial charge in [0.15, 0.2) is 5.71 Å². The van der Waals surface area contributed by atoms with Crippen molar-refractivity contribution in [1.29, 1.82) is 0 Å². The number of hydrogen-bond donors (Lipinski definition) is 1. The lowest BCUT2D eigenvalue weighted by Crippen LogP contribution is -2.28. The van der Waals surface area contributed by atoms with Crippen LogP contribution < -0.4 is 4.90 Å². The van der Waals surface area contributed by atoms with Crippen LogP contribution in [0.25, 0.3) is 21.5 Å². The van der Waals surface area contributed by atoms with E-state index >= 15 is 0 Å². The highest BCUT2D eigenvalue weighted by Crippen LogP contribution is 2.51. The molecule has 0 aliphatic carbocycles. The number of aliphatic carboxylic acids is 1. The van der Waals surface area contributed by atoms with Gasteiger partial charge in [0.25, 0.3) is 0 Å². The number of unbranched alkanes of at least 4 members (excludes halogenated alkanes) is 3. The van der Waals surface area contributed by atoms with Gasteiger partial charge in [0.2, 0.25) is 5.69 Å². The SMILES string of the molecule is CCCC[N+]1=C(/C=C/C=C2/N(CCCCCC(=O)O)c3ccc4ccccc4c3C2(C)C)C(C)(C)c2c1ccc1ccccc21. The maximum atomic E-state index is 11.1. The van der Waals surface area contributed by atoms with Crippen molar-refractivity contribution in [2.45, 2.75) is 84.0 Å². The molecule has 2 aliphatic rings. The van der Waals surface area contributed by atoms with E-state index in [2.05, 4.69) is 135 Å². The first kappa shape index (κ1) is 30.8. The standard InChI is InChI=1S/C41H46N2O2/c1-6-7-27-42-33-25-23-29-16-10-12-18-31(29)38(33)40(2,3)35(42)20-15-21-36-41(4,5)39-32-19-13-11-17-30(32)24-26-34(39)43(36)28-14-8-9-22-37(44)45/h10-13,15-21,23-26H,6-9,14,22,27-28H2,1-5H3/p+1. The summed E-state index contributed by atoms with van der Waals surface area (Å²) in [5, 5.41) is 14.3. The Hall–Kier alpha value is -4.18. The lowest BCUT2D eigenvalue weighted by Gasteiger charge is -2.27. The largest absolute Gasteiger partial charge is 0.481 e. The third-order valence-electron chi connectivity index (χ3n) is 10.0. The fourth-order valence-electron chi connectivity index (χ4n) is 7.82. The van der Waals surface area contributed by atoms with Crippen molar-refractivity contribution in [2.24, 2.45) is 0 Å². The molecule has 4 nitrogen and oxygen atoms in total. The average Bonchev–Trinajstić information content (AvgIpc) is 3.38. The molecule has 0 spiro atoms. The molecule has 0 saturated carbocycles. The minimum absolute atomic E-state index is 0.132. The van der Waals surface area contributed by atoms with Gasteiger partial charge in [0.1, 0.15) is 6.54 Å². The van der Waals surface area contributed by atoms with E-state index < -0.39 is 5.97 Å². The molecule has 0 aromatic heterocycles. The first-order valence-corrected chi connectivity index (χ1v) is 16.7. The monoisotopic (exact) mass is 599 g/mol. The third kappa shape index (κ3) is 5.49. The molecule has 0 fully saturated rings. The lowest BCUT2D eigenvalue weighted by atomic mass is 9.79. The Morgan fingerprint density at radius 3 is 2.16 bits per heavy atom. The molecule has 1 N–H and O–H groups in total. The quantitative estimate of drug-likeness (QED) is 0.138. The molecule has 2 heterocycles. The zero-order chi connectivity index (χ0) is 31.8. The van der Waals surface area contributed by atoms with Gasteiger partial charge in [0, 0.05) is 53.9 Å². The van der Waals surface area contributed by atoms with Crippen LogP contribution in [0.3, 0.4) is 0 Å². The van der Waals surface area contributed by atoms with Gasteiger partial charge in [0.05, 0.1) is 5.41 Å². The topological polar surface area (TPSA) is 43.5 Å². The van der Waals surface area contributed by atoms with Crippen LogP contribution in [0.15, 0.2) is 96.7 Å². The second-order valence-electron chi connectivity index (χ2n) is 13.8. The molecule has 4 heteroatoms. The first-order chi connectivity index (χ1) is 21.7. The molecular weight excluding hydrogens is 552 g/mol. The molecule has 0 bridgehead atoms. The first-order valence-electron chi connectivity index (χ1n) is 16.7. The average molecular weight is 600 g/mol. The van der Waals surface area contributed by atoms with Crippen LogP contribution in [0.1, 0.15) is 84.3 Å². The van der Waals surface area contributed by atoms with Gasteiger partial charge >= 0.3 is 5.97 Å². The Morgan fingerprint density at radius 2 is 1.47 bits per heavy atom. The predicted molar refractivity (Wildman–Crippen MR) is 189 cm³/mol. The van der Waals surface area contributed by atoms with E-state index in [1.807, 2.05) is 0 Å². The molecule has 6 rings (SSSR count). The number of anilines is 1. The summed E-state index contributed by atoms with van der Waals surface area (Å²) in [6.07, 6.45) is 12.1. The second kappa shape index (κ2) is 12.3. The smallest absolute Gasteiger partial charge is 0.303 e. The summed E-state index contributed by atoms with van der Waals surface area (Å²) < 4.78 is 2.56. The van der Waals surface area contributed by atoms with Crippen molar-refractivity contribution < 1.29 is 14.5 Å². The van der Waals surface area contributed by atoms with E-state index in [0.29, 0.717) is 6.42 Å². The number of hydrogen-bond acceptors (Lipinski definition) is 2. The number of allylic oxidation sites excluding steroid dienone is 4. The number of rotatable bonds is 11. The second-order valence-corrected chi connectivity index (χ2v) is 13.8. The van der Waals surface area contributed by atoms with Gasteiger partial charge in [-0.3, -0.25) is 4.79 Å². The van der Waals surface area contributed by atoms with Gasteiger partial charge in [-0.2, -0.15) is 4.58 Å². The summed E-state index contributed by atoms with van der Waals surface area (Å²) in [5.74, 6) is -0.713. The summed E-state index contributed by atoms with van der Waals surface area (Å²) in [4.78, 5) is 13.6. The molecule has 0 atom stereocenters. The summed E-state index contributed by atoms with van der Waals surface area (Å²) >= 11 is 0. The van der Waals surface area contributed by atoms with E-state index in [1.165, 1.54) is 55.5 Å². The molecule has 4 aromatic carbocycles. The molecule has 0 amide bonds. The normalized spacial score (nSPS) is 17.6. The molecule has 0 radical (unpaired) electrons. The highest BCUT2D eigenvalue weighted by molar-refractivity contribution is 6.07. The summed E-state index contributed by atoms with van der Waals surface area (Å²) in [6, 6.07) is 26.6.